The first-order valence-electron chi connectivity index (χ1n) is 6.02. The Morgan fingerprint density at radius 2 is 1.62 bits per heavy atom. The lowest BCUT2D eigenvalue weighted by Crippen LogP contribution is -2.49. The fraction of sp³-hybridized carbons (Fsp3) is 0.917. The molecule has 1 heterocycles. The molecule has 1 saturated heterocycles. The van der Waals surface area contributed by atoms with Crippen LogP contribution in [0.2, 0.25) is 0 Å². The minimum Gasteiger partial charge on any atom is -0.395 e. The quantitative estimate of drug-likeness (QED) is 0.747. The van der Waals surface area contributed by atoms with E-state index in [1.165, 1.54) is 0 Å². The average molecular weight is 228 g/mol. The first kappa shape index (κ1) is 13.6. The van der Waals surface area contributed by atoms with Gasteiger partial charge in [-0.05, 0) is 0 Å². The third kappa shape index (κ3) is 4.20. The predicted octanol–water partition coefficient (Wildman–Crippen LogP) is 0.212. The van der Waals surface area contributed by atoms with Crippen molar-refractivity contribution in [2.45, 2.75) is 20.8 Å². The lowest BCUT2D eigenvalue weighted by Gasteiger charge is -2.35. The molecule has 0 amide bonds. The number of ketones is 1. The fourth-order valence-electron chi connectivity index (χ4n) is 1.75. The van der Waals surface area contributed by atoms with E-state index in [1.807, 2.05) is 20.8 Å². The van der Waals surface area contributed by atoms with Gasteiger partial charge in [-0.15, -0.1) is 0 Å². The number of hydrogen-bond acceptors (Lipinski definition) is 4. The van der Waals surface area contributed by atoms with Gasteiger partial charge >= 0.3 is 0 Å². The third-order valence-electron chi connectivity index (χ3n) is 3.08. The molecule has 0 bridgehead atoms. The van der Waals surface area contributed by atoms with Gasteiger partial charge in [-0.3, -0.25) is 14.6 Å². The fourth-order valence-corrected chi connectivity index (χ4v) is 1.75. The van der Waals surface area contributed by atoms with E-state index in [0.717, 1.165) is 32.7 Å². The third-order valence-corrected chi connectivity index (χ3v) is 3.08. The summed E-state index contributed by atoms with van der Waals surface area (Å²) < 4.78 is 0. The molecule has 0 radical (unpaired) electrons. The van der Waals surface area contributed by atoms with Crippen LogP contribution in [0.25, 0.3) is 0 Å². The molecule has 4 heteroatoms. The van der Waals surface area contributed by atoms with Crippen LogP contribution in [0.1, 0.15) is 20.8 Å². The number of aliphatic hydroxyl groups excluding tert-OH is 1. The van der Waals surface area contributed by atoms with Crippen molar-refractivity contribution in [1.29, 1.82) is 0 Å². The Balaban J connectivity index is 2.30. The van der Waals surface area contributed by atoms with Crippen LogP contribution in [0.3, 0.4) is 0 Å². The molecule has 1 N–H and O–H groups in total. The lowest BCUT2D eigenvalue weighted by atomic mass is 9.90. The molecule has 1 aliphatic heterocycles. The Bertz CT molecular complexity index is 228. The van der Waals surface area contributed by atoms with Gasteiger partial charge in [0, 0.05) is 38.1 Å². The number of rotatable bonds is 4. The van der Waals surface area contributed by atoms with Crippen LogP contribution in [0.4, 0.5) is 0 Å². The molecule has 0 aromatic carbocycles. The monoisotopic (exact) mass is 228 g/mol. The van der Waals surface area contributed by atoms with Gasteiger partial charge in [-0.1, -0.05) is 20.8 Å². The van der Waals surface area contributed by atoms with Gasteiger partial charge in [-0.2, -0.15) is 0 Å². The van der Waals surface area contributed by atoms with E-state index in [9.17, 15) is 4.79 Å². The molecule has 4 nitrogen and oxygen atoms in total. The molecule has 1 rings (SSSR count). The molecule has 1 aliphatic rings. The summed E-state index contributed by atoms with van der Waals surface area (Å²) in [6.45, 7) is 11.2. The Morgan fingerprint density at radius 1 is 1.12 bits per heavy atom. The van der Waals surface area contributed by atoms with E-state index >= 15 is 0 Å². The Morgan fingerprint density at radius 3 is 2.06 bits per heavy atom. The van der Waals surface area contributed by atoms with Crippen LogP contribution in [-0.4, -0.2) is 66.6 Å². The average Bonchev–Trinajstić information content (AvgIpc) is 2.20. The second kappa shape index (κ2) is 5.75. The maximum Gasteiger partial charge on any atom is 0.152 e. The van der Waals surface area contributed by atoms with Crippen molar-refractivity contribution in [2.75, 3.05) is 45.9 Å². The van der Waals surface area contributed by atoms with E-state index in [-0.39, 0.29) is 12.0 Å². The number of aliphatic hydroxyl groups is 1. The summed E-state index contributed by atoms with van der Waals surface area (Å²) in [6, 6.07) is 0. The topological polar surface area (TPSA) is 43.8 Å². The second-order valence-corrected chi connectivity index (χ2v) is 5.51. The molecule has 0 unspecified atom stereocenters. The van der Waals surface area contributed by atoms with E-state index < -0.39 is 0 Å². The van der Waals surface area contributed by atoms with Gasteiger partial charge in [0.25, 0.3) is 0 Å². The summed E-state index contributed by atoms with van der Waals surface area (Å²) in [5.74, 6) is 0.308. The zero-order valence-electron chi connectivity index (χ0n) is 10.7. The normalized spacial score (nSPS) is 20.0. The van der Waals surface area contributed by atoms with Crippen LogP contribution in [-0.2, 0) is 4.79 Å². The van der Waals surface area contributed by atoms with Gasteiger partial charge in [0.1, 0.15) is 0 Å². The summed E-state index contributed by atoms with van der Waals surface area (Å²) in [6.07, 6.45) is 0. The molecular formula is C12H24N2O2. The van der Waals surface area contributed by atoms with Crippen molar-refractivity contribution >= 4 is 5.78 Å². The number of β-amino-alcohol motifs (C(OH)–C–C–N with tert-alkyl or cyclic N) is 1. The molecule has 0 aliphatic carbocycles. The van der Waals surface area contributed by atoms with Crippen LogP contribution >= 0.6 is 0 Å². The Hall–Kier alpha value is -0.450. The molecule has 1 fully saturated rings. The predicted molar refractivity (Wildman–Crippen MR) is 64.4 cm³/mol. The van der Waals surface area contributed by atoms with Crippen molar-refractivity contribution in [3.8, 4) is 0 Å². The number of piperazine rings is 1. The minimum atomic E-state index is -0.234. The smallest absolute Gasteiger partial charge is 0.152 e. The number of nitrogens with zero attached hydrogens (tertiary/aromatic N) is 2. The molecule has 0 spiro atoms. The lowest BCUT2D eigenvalue weighted by molar-refractivity contribution is -0.127. The van der Waals surface area contributed by atoms with Crippen molar-refractivity contribution in [3.63, 3.8) is 0 Å². The largest absolute Gasteiger partial charge is 0.395 e. The first-order chi connectivity index (χ1) is 7.43. The Kier molecular flexibility index (Phi) is 4.89. The van der Waals surface area contributed by atoms with E-state index in [2.05, 4.69) is 9.80 Å². The van der Waals surface area contributed by atoms with Gasteiger partial charge in [0.2, 0.25) is 0 Å². The molecule has 0 saturated carbocycles. The summed E-state index contributed by atoms with van der Waals surface area (Å²) >= 11 is 0. The van der Waals surface area contributed by atoms with E-state index in [1.54, 1.807) is 0 Å². The summed E-state index contributed by atoms with van der Waals surface area (Å²) in [5.41, 5.74) is -0.234. The molecule has 0 aromatic heterocycles. The van der Waals surface area contributed by atoms with Crippen molar-refractivity contribution < 1.29 is 9.90 Å². The van der Waals surface area contributed by atoms with Gasteiger partial charge < -0.3 is 5.11 Å². The van der Waals surface area contributed by atoms with E-state index in [4.69, 9.17) is 5.11 Å². The summed E-state index contributed by atoms with van der Waals surface area (Å²) in [7, 11) is 0. The maximum absolute atomic E-state index is 11.8. The SMILES string of the molecule is CC(C)(C)C(=O)CN1CCN(CCO)CC1. The molecular weight excluding hydrogens is 204 g/mol. The van der Waals surface area contributed by atoms with Crippen LogP contribution in [0, 0.1) is 5.41 Å². The molecule has 0 aromatic rings. The summed E-state index contributed by atoms with van der Waals surface area (Å²) in [5, 5.41) is 8.83. The van der Waals surface area contributed by atoms with Gasteiger partial charge in [0.15, 0.2) is 5.78 Å². The zero-order chi connectivity index (χ0) is 12.2. The minimum absolute atomic E-state index is 0.223. The standard InChI is InChI=1S/C12H24N2O2/c1-12(2,3)11(16)10-14-6-4-13(5-7-14)8-9-15/h15H,4-10H2,1-3H3. The van der Waals surface area contributed by atoms with Crippen molar-refractivity contribution in [2.24, 2.45) is 5.41 Å². The number of carbonyl (C=O) groups is 1. The number of Topliss-reactive ketones (excluding diaryl/α,β-unsaturated/α-hetero) is 1. The highest BCUT2D eigenvalue weighted by atomic mass is 16.3. The van der Waals surface area contributed by atoms with Crippen molar-refractivity contribution in [1.82, 2.24) is 9.80 Å². The highest BCUT2D eigenvalue weighted by Crippen LogP contribution is 2.15. The second-order valence-electron chi connectivity index (χ2n) is 5.51. The highest BCUT2D eigenvalue weighted by molar-refractivity contribution is 5.85. The Labute approximate surface area is 98.2 Å². The van der Waals surface area contributed by atoms with Gasteiger partial charge in [-0.25, -0.2) is 0 Å². The van der Waals surface area contributed by atoms with Crippen LogP contribution in [0.5, 0.6) is 0 Å². The van der Waals surface area contributed by atoms with Crippen LogP contribution < -0.4 is 0 Å². The molecule has 0 atom stereocenters. The molecule has 16 heavy (non-hydrogen) atoms. The molecule has 94 valence electrons. The number of carbonyl (C=O) groups excluding carboxylic acids is 1. The van der Waals surface area contributed by atoms with E-state index in [0.29, 0.717) is 12.3 Å². The van der Waals surface area contributed by atoms with Crippen LogP contribution in [0.15, 0.2) is 0 Å². The highest BCUT2D eigenvalue weighted by Gasteiger charge is 2.25. The maximum atomic E-state index is 11.8. The first-order valence-corrected chi connectivity index (χ1v) is 6.02. The summed E-state index contributed by atoms with van der Waals surface area (Å²) in [4.78, 5) is 16.3. The number of hydrogen-bond donors (Lipinski definition) is 1. The van der Waals surface area contributed by atoms with Gasteiger partial charge in [0.05, 0.1) is 13.2 Å². The van der Waals surface area contributed by atoms with Crippen molar-refractivity contribution in [3.05, 3.63) is 0 Å². The zero-order valence-corrected chi connectivity index (χ0v) is 10.7.